The molecule has 2 N–H and O–H groups in total. The molecule has 0 aliphatic rings. The van der Waals surface area contributed by atoms with E-state index in [0.29, 0.717) is 22.0 Å². The number of carbonyl (C=O) groups excluding carboxylic acids is 1. The Labute approximate surface area is 204 Å². The summed E-state index contributed by atoms with van der Waals surface area (Å²) in [5, 5.41) is 18.0. The van der Waals surface area contributed by atoms with E-state index in [0.717, 1.165) is 11.1 Å². The largest absolute Gasteiger partial charge is 0.478 e. The van der Waals surface area contributed by atoms with Gasteiger partial charge in [0.15, 0.2) is 5.69 Å². The van der Waals surface area contributed by atoms with Gasteiger partial charge in [-0.05, 0) is 43.3 Å². The number of benzene rings is 3. The lowest BCUT2D eigenvalue weighted by atomic mass is 10.1. The lowest BCUT2D eigenvalue weighted by Crippen LogP contribution is -2.27. The van der Waals surface area contributed by atoms with Crippen molar-refractivity contribution >= 4 is 51.0 Å². The zero-order valence-corrected chi connectivity index (χ0v) is 19.5. The van der Waals surface area contributed by atoms with Crippen molar-refractivity contribution in [2.24, 2.45) is 7.05 Å². The molecular weight excluding hydrogens is 468 g/mol. The van der Waals surface area contributed by atoms with E-state index in [1.54, 1.807) is 23.7 Å². The molecule has 1 amide bonds. The van der Waals surface area contributed by atoms with Crippen LogP contribution in [0.3, 0.4) is 0 Å². The molecule has 0 spiro atoms. The fraction of sp³-hybridized carbons (Fsp3) is 0.0769. The van der Waals surface area contributed by atoms with Crippen LogP contribution in [0.5, 0.6) is 0 Å². The van der Waals surface area contributed by atoms with Gasteiger partial charge in [0.1, 0.15) is 5.52 Å². The van der Waals surface area contributed by atoms with Crippen molar-refractivity contribution in [2.45, 2.75) is 6.92 Å². The molecule has 0 fully saturated rings. The number of aromatic carboxylic acids is 1. The SMILES string of the molecule is Cc1ccc(-n2nc(C(=O)Nc3cc(Cl)ccc3C(=O)O)c3c4ccccc4n(C)c3c2=O)cc1. The minimum absolute atomic E-state index is 0.0201. The lowest BCUT2D eigenvalue weighted by Gasteiger charge is -2.12. The van der Waals surface area contributed by atoms with Crippen molar-refractivity contribution in [2.75, 3.05) is 5.32 Å². The number of carboxylic acid groups (broad SMARTS) is 1. The van der Waals surface area contributed by atoms with Gasteiger partial charge in [-0.3, -0.25) is 9.59 Å². The van der Waals surface area contributed by atoms with Crippen LogP contribution in [-0.4, -0.2) is 31.3 Å². The van der Waals surface area contributed by atoms with Crippen molar-refractivity contribution in [3.63, 3.8) is 0 Å². The predicted octanol–water partition coefficient (Wildman–Crippen LogP) is 4.79. The third kappa shape index (κ3) is 3.74. The second-order valence-corrected chi connectivity index (χ2v) is 8.59. The van der Waals surface area contributed by atoms with Gasteiger partial charge in [-0.2, -0.15) is 9.78 Å². The summed E-state index contributed by atoms with van der Waals surface area (Å²) < 4.78 is 2.92. The Morgan fingerprint density at radius 3 is 2.46 bits per heavy atom. The first-order chi connectivity index (χ1) is 16.8. The molecule has 0 aliphatic carbocycles. The van der Waals surface area contributed by atoms with Crippen LogP contribution in [0.1, 0.15) is 26.4 Å². The van der Waals surface area contributed by atoms with Gasteiger partial charge in [-0.25, -0.2) is 4.79 Å². The number of para-hydroxylation sites is 1. The number of hydrogen-bond donors (Lipinski definition) is 2. The van der Waals surface area contributed by atoms with Gasteiger partial charge < -0.3 is 15.0 Å². The van der Waals surface area contributed by atoms with E-state index in [-0.39, 0.29) is 27.5 Å². The topological polar surface area (TPSA) is 106 Å². The summed E-state index contributed by atoms with van der Waals surface area (Å²) in [7, 11) is 1.76. The van der Waals surface area contributed by atoms with Crippen molar-refractivity contribution < 1.29 is 14.7 Å². The number of nitrogens with zero attached hydrogens (tertiary/aromatic N) is 3. The van der Waals surface area contributed by atoms with Gasteiger partial charge in [-0.15, -0.1) is 0 Å². The maximum absolute atomic E-state index is 13.6. The normalized spacial score (nSPS) is 11.2. The van der Waals surface area contributed by atoms with Gasteiger partial charge in [0.05, 0.1) is 16.9 Å². The fourth-order valence-corrected chi connectivity index (χ4v) is 4.36. The number of aryl methyl sites for hydroxylation is 2. The number of amides is 1. The Hall–Kier alpha value is -4.43. The Morgan fingerprint density at radius 2 is 1.74 bits per heavy atom. The number of carbonyl (C=O) groups is 2. The van der Waals surface area contributed by atoms with Crippen LogP contribution >= 0.6 is 11.6 Å². The quantitative estimate of drug-likeness (QED) is 0.380. The number of hydrogen-bond acceptors (Lipinski definition) is 4. The molecule has 3 aromatic carbocycles. The first-order valence-electron chi connectivity index (χ1n) is 10.7. The molecule has 174 valence electrons. The first-order valence-corrected chi connectivity index (χ1v) is 11.1. The monoisotopic (exact) mass is 486 g/mol. The van der Waals surface area contributed by atoms with Crippen LogP contribution in [-0.2, 0) is 7.05 Å². The highest BCUT2D eigenvalue weighted by molar-refractivity contribution is 6.31. The summed E-state index contributed by atoms with van der Waals surface area (Å²) in [6.45, 7) is 1.93. The van der Waals surface area contributed by atoms with E-state index < -0.39 is 11.9 Å². The van der Waals surface area contributed by atoms with Gasteiger partial charge in [0.2, 0.25) is 0 Å². The average Bonchev–Trinajstić information content (AvgIpc) is 3.13. The minimum atomic E-state index is -1.22. The lowest BCUT2D eigenvalue weighted by molar-refractivity contribution is 0.0698. The van der Waals surface area contributed by atoms with E-state index in [9.17, 15) is 19.5 Å². The molecule has 9 heteroatoms. The number of carboxylic acids is 1. The summed E-state index contributed by atoms with van der Waals surface area (Å²) >= 11 is 6.06. The highest BCUT2D eigenvalue weighted by Gasteiger charge is 2.24. The third-order valence-corrected chi connectivity index (χ3v) is 6.13. The summed E-state index contributed by atoms with van der Waals surface area (Å²) in [5.74, 6) is -1.89. The van der Waals surface area contributed by atoms with E-state index >= 15 is 0 Å². The molecule has 2 aromatic heterocycles. The Kier molecular flexibility index (Phi) is 5.37. The number of nitrogens with one attached hydrogen (secondary N) is 1. The van der Waals surface area contributed by atoms with Gasteiger partial charge >= 0.3 is 5.97 Å². The standard InChI is InChI=1S/C26H19ClN4O4/c1-14-7-10-16(11-8-14)31-25(33)23-21(18-5-3-4-6-20(18)30(23)2)22(29-31)24(32)28-19-13-15(27)9-12-17(19)26(34)35/h3-13H,1-2H3,(H,28,32)(H,34,35). The number of halogens is 1. The summed E-state index contributed by atoms with van der Waals surface area (Å²) in [6.07, 6.45) is 0. The second kappa shape index (κ2) is 8.41. The zero-order valence-electron chi connectivity index (χ0n) is 18.7. The smallest absolute Gasteiger partial charge is 0.337 e. The molecule has 0 saturated heterocycles. The second-order valence-electron chi connectivity index (χ2n) is 8.15. The average molecular weight is 487 g/mol. The third-order valence-electron chi connectivity index (χ3n) is 5.89. The number of anilines is 1. The van der Waals surface area contributed by atoms with E-state index in [2.05, 4.69) is 10.4 Å². The van der Waals surface area contributed by atoms with Gasteiger partial charge in [0.25, 0.3) is 11.5 Å². The maximum Gasteiger partial charge on any atom is 0.337 e. The van der Waals surface area contributed by atoms with Crippen LogP contribution in [0.2, 0.25) is 5.02 Å². The van der Waals surface area contributed by atoms with E-state index in [1.165, 1.54) is 22.9 Å². The minimum Gasteiger partial charge on any atom is -0.478 e. The molecule has 0 atom stereocenters. The number of fused-ring (bicyclic) bond motifs is 3. The molecule has 0 bridgehead atoms. The molecule has 5 rings (SSSR count). The highest BCUT2D eigenvalue weighted by Crippen LogP contribution is 2.29. The molecule has 5 aromatic rings. The number of aromatic nitrogens is 3. The maximum atomic E-state index is 13.6. The highest BCUT2D eigenvalue weighted by atomic mass is 35.5. The zero-order chi connectivity index (χ0) is 24.9. The van der Waals surface area contributed by atoms with Gasteiger partial charge in [0, 0.05) is 28.4 Å². The van der Waals surface area contributed by atoms with E-state index in [1.807, 2.05) is 43.3 Å². The summed E-state index contributed by atoms with van der Waals surface area (Å²) in [5.41, 5.74) is 2.06. The van der Waals surface area contributed by atoms with Crippen LogP contribution in [0.15, 0.2) is 71.5 Å². The summed E-state index contributed by atoms with van der Waals surface area (Å²) in [6, 6.07) is 18.6. The van der Waals surface area contributed by atoms with Crippen molar-refractivity contribution in [1.82, 2.24) is 14.3 Å². The van der Waals surface area contributed by atoms with Crippen LogP contribution in [0, 0.1) is 6.92 Å². The molecule has 2 heterocycles. The van der Waals surface area contributed by atoms with Crippen molar-refractivity contribution in [1.29, 1.82) is 0 Å². The molecule has 0 saturated carbocycles. The molecule has 8 nitrogen and oxygen atoms in total. The molecule has 0 unspecified atom stereocenters. The molecular formula is C26H19ClN4O4. The first kappa shape index (κ1) is 22.4. The fourth-order valence-electron chi connectivity index (χ4n) is 4.19. The van der Waals surface area contributed by atoms with Crippen molar-refractivity contribution in [3.8, 4) is 5.69 Å². The molecule has 35 heavy (non-hydrogen) atoms. The summed E-state index contributed by atoms with van der Waals surface area (Å²) in [4.78, 5) is 38.9. The van der Waals surface area contributed by atoms with Crippen LogP contribution in [0.25, 0.3) is 27.5 Å². The predicted molar refractivity (Wildman–Crippen MR) is 135 cm³/mol. The molecule has 0 radical (unpaired) electrons. The molecule has 0 aliphatic heterocycles. The van der Waals surface area contributed by atoms with Crippen molar-refractivity contribution in [3.05, 3.63) is 98.9 Å². The van der Waals surface area contributed by atoms with E-state index in [4.69, 9.17) is 11.6 Å². The Bertz CT molecular complexity index is 1720. The van der Waals surface area contributed by atoms with Crippen LogP contribution in [0.4, 0.5) is 5.69 Å². The Balaban J connectivity index is 1.79. The van der Waals surface area contributed by atoms with Gasteiger partial charge in [-0.1, -0.05) is 47.5 Å². The Morgan fingerprint density at radius 1 is 1.03 bits per heavy atom. The van der Waals surface area contributed by atoms with Crippen LogP contribution < -0.4 is 10.9 Å². The number of rotatable bonds is 4.